The van der Waals surface area contributed by atoms with E-state index in [0.717, 1.165) is 60.6 Å². The van der Waals surface area contributed by atoms with E-state index in [2.05, 4.69) is 206 Å². The van der Waals surface area contributed by atoms with Crippen molar-refractivity contribution in [2.45, 2.75) is 179 Å². The first-order valence-electron chi connectivity index (χ1n) is 27.8. The molecule has 0 bridgehead atoms. The van der Waals surface area contributed by atoms with Crippen LogP contribution in [0, 0.1) is 0 Å². The van der Waals surface area contributed by atoms with Gasteiger partial charge in [0.15, 0.2) is 0 Å². The molecule has 0 aliphatic heterocycles. The van der Waals surface area contributed by atoms with Crippen molar-refractivity contribution in [1.82, 2.24) is 19.9 Å². The van der Waals surface area contributed by atoms with E-state index in [1.807, 2.05) is 0 Å². The van der Waals surface area contributed by atoms with Gasteiger partial charge >= 0.3 is 0 Å². The van der Waals surface area contributed by atoms with Crippen molar-refractivity contribution >= 4 is 75.9 Å². The summed E-state index contributed by atoms with van der Waals surface area (Å²) in [5, 5.41) is 12.4. The van der Waals surface area contributed by atoms with Crippen molar-refractivity contribution in [3.63, 3.8) is 0 Å². The molecule has 4 aliphatic carbocycles. The molecule has 10 aromatic rings. The van der Waals surface area contributed by atoms with Crippen LogP contribution in [0.25, 0.3) is 87.1 Å². The Bertz CT molecular complexity index is 4180. The molecule has 0 amide bonds. The summed E-state index contributed by atoms with van der Waals surface area (Å²) in [6.45, 7) is 34.0. The van der Waals surface area contributed by atoms with Crippen LogP contribution in [-0.2, 0) is 43.3 Å². The fourth-order valence-electron chi connectivity index (χ4n) is 17.5. The monoisotopic (exact) mass is 969 g/mol. The van der Waals surface area contributed by atoms with E-state index in [-0.39, 0.29) is 43.3 Å². The van der Waals surface area contributed by atoms with Crippen LogP contribution in [-0.4, -0.2) is 19.9 Å². The third-order valence-electron chi connectivity index (χ3n) is 19.9. The molecule has 4 aromatic heterocycles. The molecule has 2 unspecified atom stereocenters. The van der Waals surface area contributed by atoms with Gasteiger partial charge in [-0.2, -0.15) is 0 Å². The average Bonchev–Trinajstić information content (AvgIpc) is 3.89. The Kier molecular flexibility index (Phi) is 8.98. The van der Waals surface area contributed by atoms with E-state index >= 15 is 0 Å². The van der Waals surface area contributed by atoms with E-state index in [4.69, 9.17) is 19.9 Å². The quantitative estimate of drug-likeness (QED) is 0.165. The van der Waals surface area contributed by atoms with Crippen molar-refractivity contribution < 1.29 is 0 Å². The minimum Gasteiger partial charge on any atom is -0.255 e. The summed E-state index contributed by atoms with van der Waals surface area (Å²) in [6.07, 6.45) is 11.0. The van der Waals surface area contributed by atoms with Gasteiger partial charge in [-0.25, -0.2) is 0 Å². The number of aromatic nitrogens is 4. The van der Waals surface area contributed by atoms with Gasteiger partial charge in [0.1, 0.15) is 0 Å². The van der Waals surface area contributed by atoms with Crippen LogP contribution in [0.1, 0.15) is 180 Å². The fourth-order valence-corrected chi connectivity index (χ4v) is 17.5. The van der Waals surface area contributed by atoms with E-state index < -0.39 is 0 Å². The number of hydrogen-bond acceptors (Lipinski definition) is 4. The zero-order valence-corrected chi connectivity index (χ0v) is 46.4. The third kappa shape index (κ3) is 6.20. The van der Waals surface area contributed by atoms with E-state index in [0.29, 0.717) is 0 Å². The Morgan fingerprint density at radius 1 is 0.338 bits per heavy atom. The number of nitrogens with zero attached hydrogens (tertiary/aromatic N) is 4. The molecule has 4 nitrogen and oxygen atoms in total. The summed E-state index contributed by atoms with van der Waals surface area (Å²) in [5.41, 5.74) is 18.2. The Balaban J connectivity index is 0.855. The number of pyridine rings is 4. The number of rotatable bonds is 4. The summed E-state index contributed by atoms with van der Waals surface area (Å²) < 4.78 is 0. The molecule has 4 heteroatoms. The molecule has 4 aliphatic rings. The number of hydrogen-bond donors (Lipinski definition) is 0. The van der Waals surface area contributed by atoms with Crippen molar-refractivity contribution in [2.75, 3.05) is 0 Å². The average molecular weight is 969 g/mol. The number of fused-ring (bicyclic) bond motifs is 17. The predicted molar refractivity (Wildman–Crippen MR) is 313 cm³/mol. The third-order valence-corrected chi connectivity index (χ3v) is 19.9. The molecule has 2 atom stereocenters. The first-order chi connectivity index (χ1) is 34.8. The van der Waals surface area contributed by atoms with Gasteiger partial charge in [-0.3, -0.25) is 19.9 Å². The van der Waals surface area contributed by atoms with E-state index in [9.17, 15) is 0 Å². The van der Waals surface area contributed by atoms with Gasteiger partial charge in [0.05, 0.1) is 33.5 Å². The molecule has 4 heterocycles. The highest BCUT2D eigenvalue weighted by Crippen LogP contribution is 2.59. The molecule has 14 rings (SSSR count). The molecular weight excluding hydrogens is 897 g/mol. The zero-order valence-electron chi connectivity index (χ0n) is 46.4. The summed E-state index contributed by atoms with van der Waals surface area (Å²) in [4.78, 5) is 22.1. The highest BCUT2D eigenvalue weighted by atomic mass is 14.8. The maximum Gasteiger partial charge on any atom is 0.0784 e. The second-order valence-corrected chi connectivity index (χ2v) is 28.6. The van der Waals surface area contributed by atoms with Crippen LogP contribution in [0.5, 0.6) is 0 Å². The first kappa shape index (κ1) is 46.3. The van der Waals surface area contributed by atoms with Crippen LogP contribution in [0.15, 0.2) is 109 Å². The summed E-state index contributed by atoms with van der Waals surface area (Å²) >= 11 is 0. The molecule has 74 heavy (non-hydrogen) atoms. The van der Waals surface area contributed by atoms with Crippen LogP contribution in [0.4, 0.5) is 0 Å². The lowest BCUT2D eigenvalue weighted by Gasteiger charge is -2.33. The number of benzene rings is 6. The summed E-state index contributed by atoms with van der Waals surface area (Å²) in [7, 11) is 0. The summed E-state index contributed by atoms with van der Waals surface area (Å²) in [6, 6.07) is 37.3. The molecule has 0 saturated heterocycles. The normalized spacial score (nSPS) is 23.4. The predicted octanol–water partition coefficient (Wildman–Crippen LogP) is 18.3. The Hall–Kier alpha value is -6.26. The maximum absolute atomic E-state index is 5.89. The van der Waals surface area contributed by atoms with Crippen LogP contribution < -0.4 is 0 Å². The van der Waals surface area contributed by atoms with E-state index in [1.165, 1.54) is 110 Å². The molecule has 0 fully saturated rings. The molecule has 0 saturated carbocycles. The Morgan fingerprint density at radius 3 is 1.30 bits per heavy atom. The lowest BCUT2D eigenvalue weighted by Crippen LogP contribution is -2.28. The van der Waals surface area contributed by atoms with Gasteiger partial charge in [0, 0.05) is 66.3 Å². The van der Waals surface area contributed by atoms with Crippen LogP contribution >= 0.6 is 0 Å². The van der Waals surface area contributed by atoms with Gasteiger partial charge in [-0.15, -0.1) is 0 Å². The minimum atomic E-state index is -0.0919. The van der Waals surface area contributed by atoms with Gasteiger partial charge in [-0.1, -0.05) is 170 Å². The molecule has 0 spiro atoms. The largest absolute Gasteiger partial charge is 0.255 e. The smallest absolute Gasteiger partial charge is 0.0784 e. The van der Waals surface area contributed by atoms with Gasteiger partial charge in [-0.05, 0) is 151 Å². The second-order valence-electron chi connectivity index (χ2n) is 28.6. The highest BCUT2D eigenvalue weighted by Gasteiger charge is 2.51. The molecule has 0 N–H and O–H groups in total. The molecular formula is C70H72N4. The summed E-state index contributed by atoms with van der Waals surface area (Å²) in [5.74, 6) is 0. The fraction of sp³-hybridized carbons (Fsp3) is 0.400. The standard InChI is InChI=1S/C70H72N4/c1-63(2)36-68(11,12)61-51(63)31-39-29-49(41-19-15-17-21-43(41)57(39)73-61)50-30-40-32-52-62(74-58(40)44-22-18-16-20-42(44)50)70(14,37-65(52,5)6)28-27-69(13)38-67(9,10)56-48-26-24-45-46(60(48)72-34-54(56)69)23-25-47-55-53(33-71-59(45)47)64(3,4)35-66(55,7)8/h15-26,29-34H,27-28,35-38H2,1-14H3. The SMILES string of the molecule is CC1(C)CC(C)(C)c2nc3c(cc21)cc(-c1cc2cc4c(nc2c2ccccc12)C(C)(CCC1(C)CC(C)(C)c2c1cnc1c2ccc2c1ccc1c5c(cnc12)C(C)(C)CC5(C)C)CC4(C)C)c1ccccc13. The molecule has 6 aromatic carbocycles. The zero-order chi connectivity index (χ0) is 51.7. The van der Waals surface area contributed by atoms with Crippen molar-refractivity contribution in [2.24, 2.45) is 0 Å². The van der Waals surface area contributed by atoms with Crippen LogP contribution in [0.3, 0.4) is 0 Å². The second kappa shape index (κ2) is 14.4. The minimum absolute atomic E-state index is 0.0102. The Morgan fingerprint density at radius 2 is 0.730 bits per heavy atom. The lowest BCUT2D eigenvalue weighted by atomic mass is 9.71. The van der Waals surface area contributed by atoms with E-state index in [1.54, 1.807) is 0 Å². The molecule has 0 radical (unpaired) electrons. The topological polar surface area (TPSA) is 51.6 Å². The highest BCUT2D eigenvalue weighted by molar-refractivity contribution is 6.19. The van der Waals surface area contributed by atoms with Gasteiger partial charge < -0.3 is 0 Å². The van der Waals surface area contributed by atoms with Gasteiger partial charge in [0.25, 0.3) is 0 Å². The Labute approximate surface area is 437 Å². The van der Waals surface area contributed by atoms with Crippen molar-refractivity contribution in [3.05, 3.63) is 154 Å². The van der Waals surface area contributed by atoms with Crippen molar-refractivity contribution in [1.29, 1.82) is 0 Å². The van der Waals surface area contributed by atoms with Gasteiger partial charge in [0.2, 0.25) is 0 Å². The maximum atomic E-state index is 5.89. The lowest BCUT2D eigenvalue weighted by molar-refractivity contribution is 0.281. The first-order valence-corrected chi connectivity index (χ1v) is 27.8. The van der Waals surface area contributed by atoms with Crippen molar-refractivity contribution in [3.8, 4) is 11.1 Å². The molecule has 372 valence electrons. The van der Waals surface area contributed by atoms with Crippen LogP contribution in [0.2, 0.25) is 0 Å².